The highest BCUT2D eigenvalue weighted by Crippen LogP contribution is 2.19. The number of carbonyl (C=O) groups excluding carboxylic acids is 3. The van der Waals surface area contributed by atoms with E-state index in [0.29, 0.717) is 22.8 Å². The first-order valence-corrected chi connectivity index (χ1v) is 12.0. The van der Waals surface area contributed by atoms with Crippen LogP contribution in [0.1, 0.15) is 49.7 Å². The van der Waals surface area contributed by atoms with Crippen molar-refractivity contribution in [2.24, 2.45) is 0 Å². The first-order chi connectivity index (χ1) is 15.7. The monoisotopic (exact) mass is 472 g/mol. The molecule has 1 unspecified atom stereocenters. The van der Waals surface area contributed by atoms with Crippen LogP contribution in [0.5, 0.6) is 0 Å². The SMILES string of the molecule is CC(C)(C)OC(=O)NCC1CCCCN1CC(=O)Nc1ccc(NC(=O)c2cccs2)cc1. The molecule has 3 N–H and O–H groups in total. The number of carbonyl (C=O) groups is 3. The minimum atomic E-state index is -0.543. The minimum Gasteiger partial charge on any atom is -0.444 e. The Balaban J connectivity index is 1.48. The zero-order chi connectivity index (χ0) is 23.8. The van der Waals surface area contributed by atoms with Gasteiger partial charge in [0.1, 0.15) is 5.60 Å². The summed E-state index contributed by atoms with van der Waals surface area (Å²) < 4.78 is 5.31. The normalized spacial score (nSPS) is 16.6. The van der Waals surface area contributed by atoms with E-state index in [1.165, 1.54) is 11.3 Å². The van der Waals surface area contributed by atoms with Gasteiger partial charge in [0.2, 0.25) is 5.91 Å². The van der Waals surface area contributed by atoms with E-state index in [1.807, 2.05) is 32.2 Å². The molecule has 9 heteroatoms. The summed E-state index contributed by atoms with van der Waals surface area (Å²) >= 11 is 1.38. The second kappa shape index (κ2) is 11.3. The van der Waals surface area contributed by atoms with Crippen molar-refractivity contribution in [3.05, 3.63) is 46.7 Å². The number of benzene rings is 1. The number of piperidine rings is 1. The lowest BCUT2D eigenvalue weighted by molar-refractivity contribution is -0.118. The number of amides is 3. The van der Waals surface area contributed by atoms with Gasteiger partial charge in [0.15, 0.2) is 0 Å². The van der Waals surface area contributed by atoms with Crippen LogP contribution in [-0.4, -0.2) is 54.1 Å². The van der Waals surface area contributed by atoms with Gasteiger partial charge in [-0.2, -0.15) is 0 Å². The fourth-order valence-corrected chi connectivity index (χ4v) is 4.26. The lowest BCUT2D eigenvalue weighted by atomic mass is 10.0. The van der Waals surface area contributed by atoms with Gasteiger partial charge < -0.3 is 20.7 Å². The molecule has 1 aliphatic heterocycles. The van der Waals surface area contributed by atoms with Crippen LogP contribution in [0, 0.1) is 0 Å². The first kappa shape index (κ1) is 24.7. The Bertz CT molecular complexity index is 938. The van der Waals surface area contributed by atoms with Crippen molar-refractivity contribution in [3.63, 3.8) is 0 Å². The maximum Gasteiger partial charge on any atom is 0.407 e. The van der Waals surface area contributed by atoms with Crippen LogP contribution in [0.15, 0.2) is 41.8 Å². The molecule has 2 heterocycles. The quantitative estimate of drug-likeness (QED) is 0.557. The van der Waals surface area contributed by atoms with Crippen molar-refractivity contribution < 1.29 is 19.1 Å². The second-order valence-electron chi connectivity index (χ2n) is 9.06. The summed E-state index contributed by atoms with van der Waals surface area (Å²) in [6.45, 7) is 6.98. The van der Waals surface area contributed by atoms with E-state index in [1.54, 1.807) is 30.3 Å². The number of likely N-dealkylation sites (tertiary alicyclic amines) is 1. The number of thiophene rings is 1. The van der Waals surface area contributed by atoms with Crippen molar-refractivity contribution in [1.29, 1.82) is 0 Å². The van der Waals surface area contributed by atoms with Gasteiger partial charge in [-0.1, -0.05) is 12.5 Å². The fraction of sp³-hybridized carbons (Fsp3) is 0.458. The highest BCUT2D eigenvalue weighted by molar-refractivity contribution is 7.12. The Kier molecular flexibility index (Phi) is 8.46. The Morgan fingerprint density at radius 3 is 2.39 bits per heavy atom. The summed E-state index contributed by atoms with van der Waals surface area (Å²) in [5.74, 6) is -0.271. The van der Waals surface area contributed by atoms with E-state index >= 15 is 0 Å². The number of ether oxygens (including phenoxy) is 1. The van der Waals surface area contributed by atoms with E-state index in [9.17, 15) is 14.4 Å². The number of rotatable bonds is 7. The molecule has 0 saturated carbocycles. The van der Waals surface area contributed by atoms with Crippen molar-refractivity contribution in [1.82, 2.24) is 10.2 Å². The molecule has 33 heavy (non-hydrogen) atoms. The van der Waals surface area contributed by atoms with E-state index < -0.39 is 11.7 Å². The number of nitrogens with zero attached hydrogens (tertiary/aromatic N) is 1. The number of hydrogen-bond acceptors (Lipinski definition) is 6. The molecule has 1 aromatic carbocycles. The molecular formula is C24H32N4O4S. The molecule has 178 valence electrons. The fourth-order valence-electron chi connectivity index (χ4n) is 3.64. The van der Waals surface area contributed by atoms with Crippen molar-refractivity contribution in [3.8, 4) is 0 Å². The van der Waals surface area contributed by atoms with Crippen LogP contribution in [0.3, 0.4) is 0 Å². The van der Waals surface area contributed by atoms with E-state index in [2.05, 4.69) is 20.9 Å². The topological polar surface area (TPSA) is 99.8 Å². The molecular weight excluding hydrogens is 440 g/mol. The molecule has 3 amide bonds. The number of hydrogen-bond donors (Lipinski definition) is 3. The molecule has 1 saturated heterocycles. The number of alkyl carbamates (subject to hydrolysis) is 1. The summed E-state index contributed by atoms with van der Waals surface area (Å²) in [4.78, 5) is 39.5. The van der Waals surface area contributed by atoms with Gasteiger partial charge in [-0.25, -0.2) is 4.79 Å². The summed E-state index contributed by atoms with van der Waals surface area (Å²) in [7, 11) is 0. The Morgan fingerprint density at radius 2 is 1.76 bits per heavy atom. The highest BCUT2D eigenvalue weighted by Gasteiger charge is 2.25. The lowest BCUT2D eigenvalue weighted by Crippen LogP contribution is -2.49. The Morgan fingerprint density at radius 1 is 1.06 bits per heavy atom. The molecule has 0 spiro atoms. The van der Waals surface area contributed by atoms with Gasteiger partial charge in [0, 0.05) is 24.0 Å². The lowest BCUT2D eigenvalue weighted by Gasteiger charge is -2.35. The summed E-state index contributed by atoms with van der Waals surface area (Å²) in [6, 6.07) is 10.7. The Hall–Kier alpha value is -2.91. The van der Waals surface area contributed by atoms with Gasteiger partial charge in [-0.15, -0.1) is 11.3 Å². The third kappa shape index (κ3) is 8.18. The zero-order valence-corrected chi connectivity index (χ0v) is 20.2. The molecule has 0 radical (unpaired) electrons. The van der Waals surface area contributed by atoms with Crippen molar-refractivity contribution >= 4 is 40.6 Å². The predicted molar refractivity (Wildman–Crippen MR) is 131 cm³/mol. The molecule has 1 fully saturated rings. The maximum absolute atomic E-state index is 12.6. The summed E-state index contributed by atoms with van der Waals surface area (Å²) in [5, 5.41) is 10.4. The molecule has 1 aliphatic rings. The van der Waals surface area contributed by atoms with Crippen LogP contribution >= 0.6 is 11.3 Å². The van der Waals surface area contributed by atoms with Gasteiger partial charge >= 0.3 is 6.09 Å². The Labute approximate surface area is 198 Å². The average molecular weight is 473 g/mol. The maximum atomic E-state index is 12.6. The van der Waals surface area contributed by atoms with Crippen LogP contribution in [0.2, 0.25) is 0 Å². The van der Waals surface area contributed by atoms with Crippen LogP contribution < -0.4 is 16.0 Å². The van der Waals surface area contributed by atoms with Crippen LogP contribution in [0.25, 0.3) is 0 Å². The minimum absolute atomic E-state index is 0.0897. The van der Waals surface area contributed by atoms with Crippen molar-refractivity contribution in [2.75, 3.05) is 30.3 Å². The molecule has 0 aliphatic carbocycles. The van der Waals surface area contributed by atoms with E-state index in [4.69, 9.17) is 4.74 Å². The molecule has 1 atom stereocenters. The third-order valence-corrected chi connectivity index (χ3v) is 6.02. The van der Waals surface area contributed by atoms with Crippen LogP contribution in [-0.2, 0) is 9.53 Å². The first-order valence-electron chi connectivity index (χ1n) is 11.2. The number of nitrogens with one attached hydrogen (secondary N) is 3. The van der Waals surface area contributed by atoms with Crippen LogP contribution in [0.4, 0.5) is 16.2 Å². The zero-order valence-electron chi connectivity index (χ0n) is 19.3. The molecule has 3 rings (SSSR count). The standard InChI is InChI=1S/C24H32N4O4S/c1-24(2,3)32-23(31)25-15-19-7-4-5-13-28(19)16-21(29)26-17-9-11-18(12-10-17)27-22(30)20-8-6-14-33-20/h6,8-12,14,19H,4-5,7,13,15-16H2,1-3H3,(H,25,31)(H,26,29)(H,27,30). The van der Waals surface area contributed by atoms with Gasteiger partial charge in [-0.3, -0.25) is 14.5 Å². The predicted octanol–water partition coefficient (Wildman–Crippen LogP) is 4.32. The van der Waals surface area contributed by atoms with Crippen molar-refractivity contribution in [2.45, 2.75) is 51.7 Å². The second-order valence-corrected chi connectivity index (χ2v) is 10.0. The van der Waals surface area contributed by atoms with E-state index in [-0.39, 0.29) is 24.4 Å². The third-order valence-electron chi connectivity index (χ3n) is 5.15. The molecule has 1 aromatic heterocycles. The van der Waals surface area contributed by atoms with Gasteiger partial charge in [0.25, 0.3) is 5.91 Å². The highest BCUT2D eigenvalue weighted by atomic mass is 32.1. The average Bonchev–Trinajstić information content (AvgIpc) is 3.28. The van der Waals surface area contributed by atoms with Gasteiger partial charge in [-0.05, 0) is 75.9 Å². The van der Waals surface area contributed by atoms with Gasteiger partial charge in [0.05, 0.1) is 11.4 Å². The molecule has 8 nitrogen and oxygen atoms in total. The number of anilines is 2. The summed E-state index contributed by atoms with van der Waals surface area (Å²) in [6.07, 6.45) is 2.57. The smallest absolute Gasteiger partial charge is 0.407 e. The largest absolute Gasteiger partial charge is 0.444 e. The molecule has 2 aromatic rings. The van der Waals surface area contributed by atoms with E-state index in [0.717, 1.165) is 25.8 Å². The molecule has 0 bridgehead atoms. The summed E-state index contributed by atoms with van der Waals surface area (Å²) in [5.41, 5.74) is 0.781.